The number of benzene rings is 1. The summed E-state index contributed by atoms with van der Waals surface area (Å²) in [4.78, 5) is 27.0. The Morgan fingerprint density at radius 3 is 2.60 bits per heavy atom. The molecule has 0 spiro atoms. The first kappa shape index (κ1) is 16.7. The van der Waals surface area contributed by atoms with Gasteiger partial charge in [-0.3, -0.25) is 9.59 Å². The van der Waals surface area contributed by atoms with Crippen LogP contribution in [0.2, 0.25) is 0 Å². The Hall–Kier alpha value is -3.15. The Balaban J connectivity index is 1.92. The topological polar surface area (TPSA) is 79.8 Å². The molecule has 2 heterocycles. The Bertz CT molecular complexity index is 1010. The van der Waals surface area contributed by atoms with Crippen LogP contribution in [-0.2, 0) is 0 Å². The number of aromatic amines is 1. The van der Waals surface area contributed by atoms with E-state index in [4.69, 9.17) is 0 Å². The molecule has 2 aromatic heterocycles. The summed E-state index contributed by atoms with van der Waals surface area (Å²) in [5.74, 6) is -0.454. The van der Waals surface area contributed by atoms with Crippen molar-refractivity contribution in [3.8, 4) is 5.69 Å². The molecule has 0 saturated carbocycles. The van der Waals surface area contributed by atoms with E-state index >= 15 is 0 Å². The van der Waals surface area contributed by atoms with Crippen LogP contribution in [0.5, 0.6) is 0 Å². The zero-order valence-corrected chi connectivity index (χ0v) is 14.7. The van der Waals surface area contributed by atoms with Crippen LogP contribution >= 0.6 is 0 Å². The second-order valence-corrected chi connectivity index (χ2v) is 6.18. The molecular weight excluding hydrogens is 316 g/mol. The minimum absolute atomic E-state index is 0.0736. The fourth-order valence-corrected chi connectivity index (χ4v) is 2.66. The van der Waals surface area contributed by atoms with E-state index in [0.29, 0.717) is 11.4 Å². The fourth-order valence-electron chi connectivity index (χ4n) is 2.66. The lowest BCUT2D eigenvalue weighted by molar-refractivity contribution is 0.102. The van der Waals surface area contributed by atoms with E-state index in [0.717, 1.165) is 22.5 Å². The number of anilines is 1. The van der Waals surface area contributed by atoms with Gasteiger partial charge >= 0.3 is 0 Å². The molecule has 0 aliphatic heterocycles. The van der Waals surface area contributed by atoms with Crippen LogP contribution in [0.25, 0.3) is 5.69 Å². The summed E-state index contributed by atoms with van der Waals surface area (Å²) in [5.41, 5.74) is 4.93. The van der Waals surface area contributed by atoms with Gasteiger partial charge in [0.2, 0.25) is 0 Å². The van der Waals surface area contributed by atoms with E-state index in [9.17, 15) is 9.59 Å². The Kier molecular flexibility index (Phi) is 4.27. The highest BCUT2D eigenvalue weighted by atomic mass is 16.2. The molecule has 0 fully saturated rings. The van der Waals surface area contributed by atoms with Crippen LogP contribution < -0.4 is 10.9 Å². The number of aryl methyl sites for hydroxylation is 3. The van der Waals surface area contributed by atoms with Crippen molar-refractivity contribution in [3.05, 3.63) is 75.0 Å². The molecule has 1 amide bonds. The quantitative estimate of drug-likeness (QED) is 0.771. The van der Waals surface area contributed by atoms with Crippen LogP contribution in [0.1, 0.15) is 32.9 Å². The number of hydrogen-bond donors (Lipinski definition) is 2. The van der Waals surface area contributed by atoms with Crippen molar-refractivity contribution < 1.29 is 4.79 Å². The highest BCUT2D eigenvalue weighted by molar-refractivity contribution is 6.04. The van der Waals surface area contributed by atoms with Gasteiger partial charge in [-0.1, -0.05) is 12.1 Å². The van der Waals surface area contributed by atoms with Crippen molar-refractivity contribution in [1.82, 2.24) is 14.8 Å². The van der Waals surface area contributed by atoms with Crippen LogP contribution in [0.4, 0.5) is 5.69 Å². The predicted octanol–water partition coefficient (Wildman–Crippen LogP) is 3.05. The van der Waals surface area contributed by atoms with Crippen LogP contribution in [0.3, 0.4) is 0 Å². The lowest BCUT2D eigenvalue weighted by atomic mass is 10.1. The molecular formula is C19H20N4O2. The largest absolute Gasteiger partial charge is 0.326 e. The lowest BCUT2D eigenvalue weighted by Gasteiger charge is -2.10. The van der Waals surface area contributed by atoms with E-state index in [1.807, 2.05) is 39.0 Å². The van der Waals surface area contributed by atoms with Gasteiger partial charge in [-0.05, 0) is 57.0 Å². The smallest absolute Gasteiger partial charge is 0.261 e. The zero-order chi connectivity index (χ0) is 18.1. The minimum atomic E-state index is -0.454. The molecule has 0 saturated heterocycles. The summed E-state index contributed by atoms with van der Waals surface area (Å²) >= 11 is 0. The van der Waals surface area contributed by atoms with Crippen molar-refractivity contribution in [2.24, 2.45) is 0 Å². The number of nitrogens with one attached hydrogen (secondary N) is 2. The molecule has 0 radical (unpaired) electrons. The Labute approximate surface area is 145 Å². The molecule has 25 heavy (non-hydrogen) atoms. The molecule has 0 bridgehead atoms. The molecule has 6 heteroatoms. The summed E-state index contributed by atoms with van der Waals surface area (Å²) in [5, 5.41) is 7.16. The van der Waals surface area contributed by atoms with Crippen LogP contribution in [-0.4, -0.2) is 20.7 Å². The number of aromatic nitrogens is 3. The van der Waals surface area contributed by atoms with E-state index in [2.05, 4.69) is 15.4 Å². The minimum Gasteiger partial charge on any atom is -0.326 e. The number of pyridine rings is 1. The Morgan fingerprint density at radius 1 is 1.12 bits per heavy atom. The molecule has 128 valence electrons. The van der Waals surface area contributed by atoms with Crippen LogP contribution in [0.15, 0.2) is 41.3 Å². The average molecular weight is 336 g/mol. The number of carbonyl (C=O) groups excluding carboxylic acids is 1. The maximum absolute atomic E-state index is 12.4. The monoisotopic (exact) mass is 336 g/mol. The highest BCUT2D eigenvalue weighted by Crippen LogP contribution is 2.22. The van der Waals surface area contributed by atoms with E-state index < -0.39 is 11.5 Å². The van der Waals surface area contributed by atoms with Crippen molar-refractivity contribution in [2.45, 2.75) is 27.7 Å². The van der Waals surface area contributed by atoms with E-state index in [1.165, 1.54) is 6.07 Å². The summed E-state index contributed by atoms with van der Waals surface area (Å²) in [6.45, 7) is 7.68. The van der Waals surface area contributed by atoms with Gasteiger partial charge in [0.25, 0.3) is 11.5 Å². The van der Waals surface area contributed by atoms with Gasteiger partial charge in [0.15, 0.2) is 0 Å². The molecule has 0 atom stereocenters. The molecule has 3 aromatic rings. The van der Waals surface area contributed by atoms with Gasteiger partial charge in [0.05, 0.1) is 23.3 Å². The van der Waals surface area contributed by atoms with Gasteiger partial charge in [-0.25, -0.2) is 4.68 Å². The summed E-state index contributed by atoms with van der Waals surface area (Å²) in [6, 6.07) is 9.35. The van der Waals surface area contributed by atoms with E-state index in [-0.39, 0.29) is 5.56 Å². The molecule has 2 N–H and O–H groups in total. The van der Waals surface area contributed by atoms with Gasteiger partial charge in [0.1, 0.15) is 5.56 Å². The number of carbonyl (C=O) groups is 1. The molecule has 3 rings (SSSR count). The predicted molar refractivity (Wildman–Crippen MR) is 97.5 cm³/mol. The third-order valence-corrected chi connectivity index (χ3v) is 4.15. The maximum Gasteiger partial charge on any atom is 0.261 e. The molecule has 1 aromatic carbocycles. The van der Waals surface area contributed by atoms with Gasteiger partial charge in [-0.15, -0.1) is 0 Å². The van der Waals surface area contributed by atoms with Gasteiger partial charge in [0, 0.05) is 5.69 Å². The summed E-state index contributed by atoms with van der Waals surface area (Å²) < 4.78 is 1.79. The third kappa shape index (κ3) is 3.24. The number of rotatable bonds is 3. The van der Waals surface area contributed by atoms with Crippen molar-refractivity contribution in [3.63, 3.8) is 0 Å². The molecule has 0 aliphatic rings. The summed E-state index contributed by atoms with van der Waals surface area (Å²) in [6.07, 6.45) is 1.59. The van der Waals surface area contributed by atoms with Gasteiger partial charge in [-0.2, -0.15) is 5.10 Å². The lowest BCUT2D eigenvalue weighted by Crippen LogP contribution is -2.23. The van der Waals surface area contributed by atoms with Crippen molar-refractivity contribution >= 4 is 11.6 Å². The van der Waals surface area contributed by atoms with Crippen molar-refractivity contribution in [2.75, 3.05) is 5.32 Å². The standard InChI is InChI=1S/C19H20N4O2/c1-11-5-6-12(2)17(9-11)23-14(4)16(10-20-23)22-19(25)15-8-7-13(3)21-18(15)24/h5-10H,1-4H3,(H,21,24)(H,22,25). The first-order chi connectivity index (χ1) is 11.9. The highest BCUT2D eigenvalue weighted by Gasteiger charge is 2.15. The third-order valence-electron chi connectivity index (χ3n) is 4.15. The SMILES string of the molecule is Cc1ccc(C)c(-n2ncc(NC(=O)c3ccc(C)[nH]c3=O)c2C)c1. The zero-order valence-electron chi connectivity index (χ0n) is 14.7. The first-order valence-corrected chi connectivity index (χ1v) is 8.00. The number of amides is 1. The second-order valence-electron chi connectivity index (χ2n) is 6.18. The fraction of sp³-hybridized carbons (Fsp3) is 0.211. The number of H-pyrrole nitrogens is 1. The number of hydrogen-bond acceptors (Lipinski definition) is 3. The van der Waals surface area contributed by atoms with Gasteiger partial charge < -0.3 is 10.3 Å². The molecule has 0 unspecified atom stereocenters. The Morgan fingerprint density at radius 2 is 1.88 bits per heavy atom. The van der Waals surface area contributed by atoms with Crippen molar-refractivity contribution in [1.29, 1.82) is 0 Å². The molecule has 0 aliphatic carbocycles. The maximum atomic E-state index is 12.4. The average Bonchev–Trinajstić information content (AvgIpc) is 2.90. The number of nitrogens with zero attached hydrogens (tertiary/aromatic N) is 2. The second kappa shape index (κ2) is 6.39. The normalized spacial score (nSPS) is 10.7. The van der Waals surface area contributed by atoms with Crippen LogP contribution in [0, 0.1) is 27.7 Å². The molecule has 6 nitrogen and oxygen atoms in total. The van der Waals surface area contributed by atoms with E-state index in [1.54, 1.807) is 23.9 Å². The first-order valence-electron chi connectivity index (χ1n) is 8.00. The summed E-state index contributed by atoms with van der Waals surface area (Å²) in [7, 11) is 0.